The quantitative estimate of drug-likeness (QED) is 0.820. The molecule has 1 aliphatic heterocycles. The summed E-state index contributed by atoms with van der Waals surface area (Å²) in [7, 11) is 0. The number of amides is 1. The molecular weight excluding hydrogens is 308 g/mol. The van der Waals surface area contributed by atoms with Crippen molar-refractivity contribution < 1.29 is 4.79 Å². The summed E-state index contributed by atoms with van der Waals surface area (Å²) in [5.74, 6) is -0.134. The lowest BCUT2D eigenvalue weighted by Gasteiger charge is -2.32. The minimum Gasteiger partial charge on any atom is -0.335 e. The Labute approximate surface area is 140 Å². The smallest absolute Gasteiger partial charge is 0.274 e. The Bertz CT molecular complexity index is 739. The average Bonchev–Trinajstić information content (AvgIpc) is 3.15. The van der Waals surface area contributed by atoms with Crippen molar-refractivity contribution in [3.05, 3.63) is 40.8 Å². The highest BCUT2D eigenvalue weighted by atomic mass is 16.2. The molecule has 1 amide bonds. The number of hydrogen-bond donors (Lipinski definition) is 0. The van der Waals surface area contributed by atoms with E-state index in [0.717, 1.165) is 25.7 Å². The molecule has 128 valence electrons. The first-order valence-corrected chi connectivity index (χ1v) is 8.40. The number of piperidine rings is 1. The number of likely N-dealkylation sites (tertiary alicyclic amines) is 1. The highest BCUT2D eigenvalue weighted by Gasteiger charge is 2.26. The minimum atomic E-state index is -0.167. The molecule has 0 aliphatic carbocycles. The van der Waals surface area contributed by atoms with Crippen molar-refractivity contribution in [2.75, 3.05) is 13.1 Å². The largest absolute Gasteiger partial charge is 0.335 e. The molecule has 0 N–H and O–H groups in total. The monoisotopic (exact) mass is 330 g/mol. The van der Waals surface area contributed by atoms with Crippen molar-refractivity contribution in [3.63, 3.8) is 0 Å². The fraction of sp³-hybridized carbons (Fsp3) is 0.562. The molecule has 1 fully saturated rings. The van der Waals surface area contributed by atoms with Crippen LogP contribution in [0.2, 0.25) is 0 Å². The fourth-order valence-corrected chi connectivity index (χ4v) is 2.95. The maximum Gasteiger partial charge on any atom is 0.274 e. The number of hydrogen-bond acceptors (Lipinski definition) is 5. The van der Waals surface area contributed by atoms with Gasteiger partial charge in [0.1, 0.15) is 18.3 Å². The molecule has 8 heteroatoms. The Kier molecular flexibility index (Phi) is 5.02. The lowest BCUT2D eigenvalue weighted by molar-refractivity contribution is 0.0664. The molecule has 1 saturated heterocycles. The molecule has 0 spiro atoms. The number of unbranched alkanes of at least 4 members (excludes halogenated alkanes) is 1. The molecule has 3 rings (SSSR count). The van der Waals surface area contributed by atoms with Crippen LogP contribution >= 0.6 is 0 Å². The van der Waals surface area contributed by atoms with Crippen molar-refractivity contribution in [2.45, 2.75) is 45.2 Å². The van der Waals surface area contributed by atoms with Crippen LogP contribution in [0, 0.1) is 0 Å². The maximum absolute atomic E-state index is 12.8. The van der Waals surface area contributed by atoms with Gasteiger partial charge in [-0.05, 0) is 25.3 Å². The lowest BCUT2D eigenvalue weighted by Crippen LogP contribution is -2.41. The topological polar surface area (TPSA) is 85.9 Å². The molecule has 0 aromatic carbocycles. The van der Waals surface area contributed by atoms with Crippen LogP contribution in [0.5, 0.6) is 0 Å². The molecule has 1 aliphatic rings. The van der Waals surface area contributed by atoms with Gasteiger partial charge in [0.15, 0.2) is 0 Å². The standard InChI is InChI=1S/C16H22N6O2/c1-2-3-9-21-15(23)7-6-14(19-21)16(24)20-8-4-5-13(10-20)22-12-17-11-18-22/h6-7,11-13H,2-5,8-10H2,1H3/t13-/m1/s1. The molecule has 3 heterocycles. The van der Waals surface area contributed by atoms with Gasteiger partial charge >= 0.3 is 0 Å². The first-order chi connectivity index (χ1) is 11.7. The summed E-state index contributed by atoms with van der Waals surface area (Å²) in [5, 5.41) is 8.42. The van der Waals surface area contributed by atoms with E-state index in [1.807, 2.05) is 0 Å². The summed E-state index contributed by atoms with van der Waals surface area (Å²) < 4.78 is 3.19. The summed E-state index contributed by atoms with van der Waals surface area (Å²) in [4.78, 5) is 30.4. The fourth-order valence-electron chi connectivity index (χ4n) is 2.95. The van der Waals surface area contributed by atoms with Gasteiger partial charge in [0.25, 0.3) is 11.5 Å². The number of carbonyl (C=O) groups is 1. The molecule has 0 bridgehead atoms. The highest BCUT2D eigenvalue weighted by Crippen LogP contribution is 2.21. The van der Waals surface area contributed by atoms with E-state index < -0.39 is 0 Å². The van der Waals surface area contributed by atoms with Crippen molar-refractivity contribution >= 4 is 5.91 Å². The van der Waals surface area contributed by atoms with Crippen LogP contribution in [-0.4, -0.2) is 48.4 Å². The summed E-state index contributed by atoms with van der Waals surface area (Å²) in [6, 6.07) is 3.08. The number of nitrogens with zero attached hydrogens (tertiary/aromatic N) is 6. The number of aromatic nitrogens is 5. The van der Waals surface area contributed by atoms with Crippen LogP contribution < -0.4 is 5.56 Å². The predicted octanol–water partition coefficient (Wildman–Crippen LogP) is 1.11. The minimum absolute atomic E-state index is 0.134. The second-order valence-electron chi connectivity index (χ2n) is 6.06. The second kappa shape index (κ2) is 7.37. The SMILES string of the molecule is CCCCn1nc(C(=O)N2CCC[C@@H](n3cncn3)C2)ccc1=O. The van der Waals surface area contributed by atoms with Gasteiger partial charge in [-0.1, -0.05) is 13.3 Å². The predicted molar refractivity (Wildman–Crippen MR) is 87.6 cm³/mol. The Morgan fingerprint density at radius 3 is 3.00 bits per heavy atom. The van der Waals surface area contributed by atoms with E-state index in [-0.39, 0.29) is 17.5 Å². The first kappa shape index (κ1) is 16.4. The Morgan fingerprint density at radius 2 is 2.25 bits per heavy atom. The van der Waals surface area contributed by atoms with Crippen LogP contribution in [0.15, 0.2) is 29.6 Å². The highest BCUT2D eigenvalue weighted by molar-refractivity contribution is 5.92. The van der Waals surface area contributed by atoms with Crippen molar-refractivity contribution in [1.82, 2.24) is 29.4 Å². The summed E-state index contributed by atoms with van der Waals surface area (Å²) >= 11 is 0. The molecule has 2 aromatic rings. The normalized spacial score (nSPS) is 17.9. The van der Waals surface area contributed by atoms with E-state index in [9.17, 15) is 9.59 Å². The Morgan fingerprint density at radius 1 is 1.38 bits per heavy atom. The molecule has 2 aromatic heterocycles. The third kappa shape index (κ3) is 3.52. The van der Waals surface area contributed by atoms with Gasteiger partial charge in [-0.15, -0.1) is 0 Å². The molecule has 0 saturated carbocycles. The van der Waals surface area contributed by atoms with Gasteiger partial charge in [-0.25, -0.2) is 14.3 Å². The zero-order valence-electron chi connectivity index (χ0n) is 13.8. The van der Waals surface area contributed by atoms with Crippen molar-refractivity contribution in [2.24, 2.45) is 0 Å². The molecule has 0 unspecified atom stereocenters. The van der Waals surface area contributed by atoms with Gasteiger partial charge in [-0.3, -0.25) is 9.59 Å². The van der Waals surface area contributed by atoms with Gasteiger partial charge in [0, 0.05) is 25.7 Å². The lowest BCUT2D eigenvalue weighted by atomic mass is 10.1. The zero-order valence-corrected chi connectivity index (χ0v) is 13.8. The molecule has 1 atom stereocenters. The third-order valence-corrected chi connectivity index (χ3v) is 4.30. The van der Waals surface area contributed by atoms with E-state index >= 15 is 0 Å². The Hall–Kier alpha value is -2.51. The number of aryl methyl sites for hydroxylation is 1. The van der Waals surface area contributed by atoms with Gasteiger partial charge in [-0.2, -0.15) is 10.2 Å². The third-order valence-electron chi connectivity index (χ3n) is 4.30. The van der Waals surface area contributed by atoms with E-state index in [1.165, 1.54) is 23.1 Å². The van der Waals surface area contributed by atoms with E-state index in [4.69, 9.17) is 0 Å². The van der Waals surface area contributed by atoms with E-state index in [0.29, 0.717) is 25.3 Å². The molecule has 8 nitrogen and oxygen atoms in total. The maximum atomic E-state index is 12.8. The summed E-state index contributed by atoms with van der Waals surface area (Å²) in [6.45, 7) is 3.87. The van der Waals surface area contributed by atoms with E-state index in [2.05, 4.69) is 22.1 Å². The van der Waals surface area contributed by atoms with Crippen LogP contribution in [-0.2, 0) is 6.54 Å². The average molecular weight is 330 g/mol. The van der Waals surface area contributed by atoms with Crippen LogP contribution in [0.3, 0.4) is 0 Å². The second-order valence-corrected chi connectivity index (χ2v) is 6.06. The van der Waals surface area contributed by atoms with Crippen LogP contribution in [0.25, 0.3) is 0 Å². The van der Waals surface area contributed by atoms with E-state index in [1.54, 1.807) is 15.9 Å². The van der Waals surface area contributed by atoms with Crippen LogP contribution in [0.4, 0.5) is 0 Å². The van der Waals surface area contributed by atoms with Gasteiger partial charge in [0.2, 0.25) is 0 Å². The van der Waals surface area contributed by atoms with Gasteiger partial charge in [0.05, 0.1) is 6.04 Å². The number of carbonyl (C=O) groups excluding carboxylic acids is 1. The summed E-state index contributed by atoms with van der Waals surface area (Å²) in [6.07, 6.45) is 6.90. The first-order valence-electron chi connectivity index (χ1n) is 8.40. The van der Waals surface area contributed by atoms with Crippen molar-refractivity contribution in [3.8, 4) is 0 Å². The molecule has 0 radical (unpaired) electrons. The van der Waals surface area contributed by atoms with Gasteiger partial charge < -0.3 is 4.90 Å². The zero-order chi connectivity index (χ0) is 16.9. The molecule has 24 heavy (non-hydrogen) atoms. The summed E-state index contributed by atoms with van der Waals surface area (Å²) in [5.41, 5.74) is 0.157. The Balaban J connectivity index is 1.74. The van der Waals surface area contributed by atoms with Crippen molar-refractivity contribution in [1.29, 1.82) is 0 Å². The molecular formula is C16H22N6O2. The van der Waals surface area contributed by atoms with Crippen LogP contribution in [0.1, 0.15) is 49.1 Å². The number of rotatable bonds is 5.